The molecule has 0 amide bonds. The molecule has 3 nitrogen and oxygen atoms in total. The smallest absolute Gasteiger partial charge is 0.0475 e. The van der Waals surface area contributed by atoms with Crippen molar-refractivity contribution in [3.05, 3.63) is 28.5 Å². The highest BCUT2D eigenvalue weighted by Crippen LogP contribution is 2.21. The molecule has 15 heavy (non-hydrogen) atoms. The maximum Gasteiger partial charge on any atom is 0.0475 e. The molecule has 0 spiro atoms. The van der Waals surface area contributed by atoms with E-state index in [0.29, 0.717) is 5.92 Å². The number of halogens is 1. The monoisotopic (exact) mass is 271 g/mol. The fourth-order valence-electron chi connectivity index (χ4n) is 1.47. The third-order valence-corrected chi connectivity index (χ3v) is 2.80. The summed E-state index contributed by atoms with van der Waals surface area (Å²) in [6.45, 7) is 4.43. The van der Waals surface area contributed by atoms with Crippen molar-refractivity contribution in [2.24, 2.45) is 11.8 Å². The molecule has 0 bridgehead atoms. The molecule has 0 aliphatic heterocycles. The van der Waals surface area contributed by atoms with E-state index in [1.54, 1.807) is 6.20 Å². The van der Waals surface area contributed by atoms with Gasteiger partial charge in [0.05, 0.1) is 0 Å². The molecule has 1 atom stereocenters. The van der Waals surface area contributed by atoms with Gasteiger partial charge in [0.15, 0.2) is 0 Å². The zero-order valence-corrected chi connectivity index (χ0v) is 10.8. The Bertz CT molecular complexity index is 302. The summed E-state index contributed by atoms with van der Waals surface area (Å²) < 4.78 is 0.991. The van der Waals surface area contributed by atoms with E-state index in [2.05, 4.69) is 46.3 Å². The van der Waals surface area contributed by atoms with Crippen molar-refractivity contribution in [1.29, 1.82) is 0 Å². The van der Waals surface area contributed by atoms with E-state index in [4.69, 9.17) is 5.84 Å². The minimum atomic E-state index is 0.192. The van der Waals surface area contributed by atoms with E-state index < -0.39 is 0 Å². The van der Waals surface area contributed by atoms with E-state index in [0.717, 1.165) is 22.9 Å². The molecule has 1 aromatic heterocycles. The van der Waals surface area contributed by atoms with Crippen LogP contribution in [0, 0.1) is 5.92 Å². The zero-order valence-electron chi connectivity index (χ0n) is 9.20. The summed E-state index contributed by atoms with van der Waals surface area (Å²) in [6, 6.07) is 2.25. The third kappa shape index (κ3) is 4.28. The van der Waals surface area contributed by atoms with Gasteiger partial charge in [0, 0.05) is 22.9 Å². The number of hydrogen-bond acceptors (Lipinski definition) is 3. The van der Waals surface area contributed by atoms with Gasteiger partial charge in [0.2, 0.25) is 0 Å². The SMILES string of the molecule is CC(C)CCC(NN)c1cncc(Br)c1. The summed E-state index contributed by atoms with van der Waals surface area (Å²) >= 11 is 3.41. The molecule has 0 saturated carbocycles. The fourth-order valence-corrected chi connectivity index (χ4v) is 1.85. The first-order chi connectivity index (χ1) is 7.13. The minimum Gasteiger partial charge on any atom is -0.271 e. The van der Waals surface area contributed by atoms with Crippen molar-refractivity contribution in [2.75, 3.05) is 0 Å². The summed E-state index contributed by atoms with van der Waals surface area (Å²) in [5.41, 5.74) is 3.97. The van der Waals surface area contributed by atoms with Crippen LogP contribution < -0.4 is 11.3 Å². The van der Waals surface area contributed by atoms with E-state index in [1.807, 2.05) is 6.20 Å². The highest BCUT2D eigenvalue weighted by molar-refractivity contribution is 9.10. The van der Waals surface area contributed by atoms with Crippen LogP contribution in [-0.2, 0) is 0 Å². The van der Waals surface area contributed by atoms with Crippen molar-refractivity contribution < 1.29 is 0 Å². The topological polar surface area (TPSA) is 50.9 Å². The van der Waals surface area contributed by atoms with E-state index >= 15 is 0 Å². The zero-order chi connectivity index (χ0) is 11.3. The van der Waals surface area contributed by atoms with Crippen LogP contribution in [0.3, 0.4) is 0 Å². The van der Waals surface area contributed by atoms with E-state index in [-0.39, 0.29) is 6.04 Å². The molecule has 0 saturated heterocycles. The highest BCUT2D eigenvalue weighted by atomic mass is 79.9. The molecular weight excluding hydrogens is 254 g/mol. The Balaban J connectivity index is 2.65. The second kappa shape index (κ2) is 6.20. The van der Waals surface area contributed by atoms with Crippen molar-refractivity contribution in [3.8, 4) is 0 Å². The summed E-state index contributed by atoms with van der Waals surface area (Å²) in [5.74, 6) is 6.24. The molecule has 3 N–H and O–H groups in total. The van der Waals surface area contributed by atoms with Gasteiger partial charge in [-0.3, -0.25) is 16.3 Å². The Morgan fingerprint density at radius 2 is 2.13 bits per heavy atom. The number of rotatable bonds is 5. The molecule has 4 heteroatoms. The van der Waals surface area contributed by atoms with Crippen LogP contribution in [0.25, 0.3) is 0 Å². The average molecular weight is 272 g/mol. The van der Waals surface area contributed by atoms with Crippen LogP contribution in [0.5, 0.6) is 0 Å². The number of hydrazine groups is 1. The van der Waals surface area contributed by atoms with Crippen LogP contribution in [0.4, 0.5) is 0 Å². The largest absolute Gasteiger partial charge is 0.271 e. The molecule has 1 heterocycles. The molecule has 0 radical (unpaired) electrons. The Morgan fingerprint density at radius 1 is 1.40 bits per heavy atom. The van der Waals surface area contributed by atoms with E-state index in [1.165, 1.54) is 0 Å². The van der Waals surface area contributed by atoms with Crippen molar-refractivity contribution in [2.45, 2.75) is 32.7 Å². The van der Waals surface area contributed by atoms with Crippen molar-refractivity contribution in [1.82, 2.24) is 10.4 Å². The first-order valence-electron chi connectivity index (χ1n) is 5.20. The second-order valence-corrected chi connectivity index (χ2v) is 5.04. The van der Waals surface area contributed by atoms with Crippen LogP contribution >= 0.6 is 15.9 Å². The first-order valence-corrected chi connectivity index (χ1v) is 5.99. The quantitative estimate of drug-likeness (QED) is 0.640. The Labute approximate surface area is 99.6 Å². The number of nitrogens with two attached hydrogens (primary N) is 1. The maximum absolute atomic E-state index is 5.55. The molecule has 1 aromatic rings. The number of aromatic nitrogens is 1. The molecular formula is C11H18BrN3. The molecule has 0 aliphatic carbocycles. The van der Waals surface area contributed by atoms with Gasteiger partial charge in [0.25, 0.3) is 0 Å². The molecule has 0 aromatic carbocycles. The van der Waals surface area contributed by atoms with Crippen LogP contribution in [-0.4, -0.2) is 4.98 Å². The Kier molecular flexibility index (Phi) is 5.22. The summed E-state index contributed by atoms with van der Waals surface area (Å²) in [6.07, 6.45) is 5.82. The van der Waals surface area contributed by atoms with Crippen LogP contribution in [0.15, 0.2) is 22.9 Å². The van der Waals surface area contributed by atoms with Gasteiger partial charge < -0.3 is 0 Å². The lowest BCUT2D eigenvalue weighted by atomic mass is 9.99. The third-order valence-electron chi connectivity index (χ3n) is 2.36. The fraction of sp³-hybridized carbons (Fsp3) is 0.545. The molecule has 1 rings (SSSR count). The number of pyridine rings is 1. The predicted molar refractivity (Wildman–Crippen MR) is 66.1 cm³/mol. The van der Waals surface area contributed by atoms with Crippen LogP contribution in [0.1, 0.15) is 38.3 Å². The normalized spacial score (nSPS) is 13.1. The lowest BCUT2D eigenvalue weighted by Crippen LogP contribution is -2.28. The molecule has 0 fully saturated rings. The van der Waals surface area contributed by atoms with Crippen LogP contribution in [0.2, 0.25) is 0 Å². The van der Waals surface area contributed by atoms with E-state index in [9.17, 15) is 0 Å². The summed E-state index contributed by atoms with van der Waals surface area (Å²) in [4.78, 5) is 4.14. The number of nitrogens with one attached hydrogen (secondary N) is 1. The molecule has 84 valence electrons. The standard InChI is InChI=1S/C11H18BrN3/c1-8(2)3-4-11(15-13)9-5-10(12)7-14-6-9/h5-8,11,15H,3-4,13H2,1-2H3. The minimum absolute atomic E-state index is 0.192. The average Bonchev–Trinajstić information content (AvgIpc) is 2.18. The summed E-state index contributed by atoms with van der Waals surface area (Å²) in [7, 11) is 0. The van der Waals surface area contributed by atoms with Gasteiger partial charge in [0.1, 0.15) is 0 Å². The Morgan fingerprint density at radius 3 is 2.67 bits per heavy atom. The molecule has 0 aliphatic rings. The summed E-state index contributed by atoms with van der Waals surface area (Å²) in [5, 5.41) is 0. The lowest BCUT2D eigenvalue weighted by molar-refractivity contribution is 0.447. The Hall–Kier alpha value is -0.450. The van der Waals surface area contributed by atoms with Crippen molar-refractivity contribution >= 4 is 15.9 Å². The van der Waals surface area contributed by atoms with Gasteiger partial charge in [-0.25, -0.2) is 0 Å². The van der Waals surface area contributed by atoms with Crippen molar-refractivity contribution in [3.63, 3.8) is 0 Å². The highest BCUT2D eigenvalue weighted by Gasteiger charge is 2.10. The van der Waals surface area contributed by atoms with Gasteiger partial charge in [-0.05, 0) is 46.3 Å². The number of nitrogens with zero attached hydrogens (tertiary/aromatic N) is 1. The van der Waals surface area contributed by atoms with Gasteiger partial charge in [-0.2, -0.15) is 0 Å². The molecule has 1 unspecified atom stereocenters. The first kappa shape index (κ1) is 12.6. The van der Waals surface area contributed by atoms with Gasteiger partial charge in [-0.1, -0.05) is 13.8 Å². The number of hydrogen-bond donors (Lipinski definition) is 2. The predicted octanol–water partition coefficient (Wildman–Crippen LogP) is 2.78. The lowest BCUT2D eigenvalue weighted by Gasteiger charge is -2.17. The second-order valence-electron chi connectivity index (χ2n) is 4.13. The maximum atomic E-state index is 5.55. The van der Waals surface area contributed by atoms with Gasteiger partial charge in [-0.15, -0.1) is 0 Å². The van der Waals surface area contributed by atoms with Gasteiger partial charge >= 0.3 is 0 Å².